The third kappa shape index (κ3) is 7.05. The van der Waals surface area contributed by atoms with Crippen LogP contribution in [0.15, 0.2) is 78.9 Å². The first-order valence-corrected chi connectivity index (χ1v) is 12.1. The maximum Gasteiger partial charge on any atom is 0.243 e. The molecule has 2 amide bonds. The van der Waals surface area contributed by atoms with Gasteiger partial charge >= 0.3 is 0 Å². The smallest absolute Gasteiger partial charge is 0.243 e. The minimum Gasteiger partial charge on any atom is -0.352 e. The number of benzene rings is 3. The number of amides is 2. The molecule has 0 spiro atoms. The van der Waals surface area contributed by atoms with Gasteiger partial charge in [0.2, 0.25) is 11.8 Å². The average molecular weight is 457 g/mol. The van der Waals surface area contributed by atoms with Gasteiger partial charge in [-0.15, -0.1) is 0 Å². The number of hydrogen-bond donors (Lipinski definition) is 1. The maximum atomic E-state index is 13.8. The fraction of sp³-hybridized carbons (Fsp3) is 0.333. The molecular weight excluding hydrogens is 420 g/mol. The van der Waals surface area contributed by atoms with Gasteiger partial charge in [-0.25, -0.2) is 0 Å². The molecule has 0 aromatic heterocycles. The van der Waals surface area contributed by atoms with Gasteiger partial charge in [0.25, 0.3) is 0 Å². The van der Waals surface area contributed by atoms with Gasteiger partial charge in [0.05, 0.1) is 6.42 Å². The summed E-state index contributed by atoms with van der Waals surface area (Å²) in [4.78, 5) is 29.1. The summed E-state index contributed by atoms with van der Waals surface area (Å²) in [6.07, 6.45) is 1.56. The highest BCUT2D eigenvalue weighted by Crippen LogP contribution is 2.19. The predicted molar refractivity (Wildman–Crippen MR) is 138 cm³/mol. The summed E-state index contributed by atoms with van der Waals surface area (Å²) < 4.78 is 0. The summed E-state index contributed by atoms with van der Waals surface area (Å²) in [6, 6.07) is 25.4. The molecule has 0 saturated heterocycles. The van der Waals surface area contributed by atoms with Crippen LogP contribution in [0.4, 0.5) is 0 Å². The lowest BCUT2D eigenvalue weighted by Gasteiger charge is -2.33. The first-order valence-electron chi connectivity index (χ1n) is 12.1. The van der Waals surface area contributed by atoms with E-state index in [9.17, 15) is 9.59 Å². The van der Waals surface area contributed by atoms with E-state index in [0.29, 0.717) is 13.0 Å². The number of nitrogens with one attached hydrogen (secondary N) is 1. The van der Waals surface area contributed by atoms with Crippen LogP contribution in [0.1, 0.15) is 48.1 Å². The number of nitrogens with zero attached hydrogens (tertiary/aromatic N) is 1. The number of carbonyl (C=O) groups is 2. The van der Waals surface area contributed by atoms with Crippen LogP contribution in [0, 0.1) is 13.8 Å². The van der Waals surface area contributed by atoms with Gasteiger partial charge in [-0.2, -0.15) is 0 Å². The molecule has 0 saturated carbocycles. The summed E-state index contributed by atoms with van der Waals surface area (Å²) in [5, 5.41) is 3.12. The highest BCUT2D eigenvalue weighted by molar-refractivity contribution is 5.89. The Balaban J connectivity index is 1.97. The van der Waals surface area contributed by atoms with E-state index >= 15 is 0 Å². The molecule has 34 heavy (non-hydrogen) atoms. The lowest BCUT2D eigenvalue weighted by molar-refractivity contribution is -0.141. The van der Waals surface area contributed by atoms with Gasteiger partial charge in [-0.3, -0.25) is 9.59 Å². The van der Waals surface area contributed by atoms with Gasteiger partial charge in [0.15, 0.2) is 0 Å². The van der Waals surface area contributed by atoms with Crippen LogP contribution in [-0.2, 0) is 29.0 Å². The number of carbonyl (C=O) groups excluding carboxylic acids is 2. The molecule has 178 valence electrons. The SMILES string of the molecule is CC[C@@H](C)NC(=O)[C@@H](Cc1ccccc1)N(Cc1ccccc1C)C(=O)Cc1ccc(C)cc1. The zero-order chi connectivity index (χ0) is 24.5. The zero-order valence-electron chi connectivity index (χ0n) is 20.8. The van der Waals surface area contributed by atoms with Crippen LogP contribution in [0.5, 0.6) is 0 Å². The van der Waals surface area contributed by atoms with E-state index in [1.807, 2.05) is 107 Å². The van der Waals surface area contributed by atoms with Gasteiger partial charge in [0.1, 0.15) is 6.04 Å². The van der Waals surface area contributed by atoms with Crippen molar-refractivity contribution in [1.29, 1.82) is 0 Å². The molecule has 0 fully saturated rings. The Morgan fingerprint density at radius 2 is 1.50 bits per heavy atom. The predicted octanol–water partition coefficient (Wildman–Crippen LogP) is 5.40. The number of rotatable bonds is 10. The van der Waals surface area contributed by atoms with E-state index in [1.165, 1.54) is 0 Å². The van der Waals surface area contributed by atoms with Crippen LogP contribution in [0.25, 0.3) is 0 Å². The second-order valence-corrected chi connectivity index (χ2v) is 9.13. The minimum absolute atomic E-state index is 0.0401. The monoisotopic (exact) mass is 456 g/mol. The third-order valence-electron chi connectivity index (χ3n) is 6.35. The summed E-state index contributed by atoms with van der Waals surface area (Å²) in [5.74, 6) is -0.156. The fourth-order valence-corrected chi connectivity index (χ4v) is 3.95. The molecule has 1 N–H and O–H groups in total. The van der Waals surface area contributed by atoms with Gasteiger partial charge in [0, 0.05) is 19.0 Å². The molecule has 0 bridgehead atoms. The molecule has 0 unspecified atom stereocenters. The van der Waals surface area contributed by atoms with Gasteiger partial charge in [-0.05, 0) is 49.4 Å². The third-order valence-corrected chi connectivity index (χ3v) is 6.35. The Morgan fingerprint density at radius 3 is 2.15 bits per heavy atom. The Labute approximate surface area is 204 Å². The second-order valence-electron chi connectivity index (χ2n) is 9.13. The maximum absolute atomic E-state index is 13.8. The van der Waals surface area contributed by atoms with Crippen molar-refractivity contribution in [1.82, 2.24) is 10.2 Å². The standard InChI is InChI=1S/C30H36N2O2/c1-5-24(4)31-30(34)28(19-25-12-7-6-8-13-25)32(21-27-14-10-9-11-23(27)3)29(33)20-26-17-15-22(2)16-18-26/h6-18,24,28H,5,19-21H2,1-4H3,(H,31,34)/t24-,28-/m1/s1. The molecular formula is C30H36N2O2. The van der Waals surface area contributed by atoms with Crippen molar-refractivity contribution in [3.05, 3.63) is 107 Å². The molecule has 2 atom stereocenters. The largest absolute Gasteiger partial charge is 0.352 e. The molecule has 4 nitrogen and oxygen atoms in total. The van der Waals surface area contributed by atoms with Crippen LogP contribution in [0.2, 0.25) is 0 Å². The first-order chi connectivity index (χ1) is 16.4. The van der Waals surface area contributed by atoms with Crippen LogP contribution in [-0.4, -0.2) is 28.8 Å². The Bertz CT molecular complexity index is 1080. The zero-order valence-corrected chi connectivity index (χ0v) is 20.8. The Kier molecular flexibility index (Phi) is 9.03. The van der Waals surface area contributed by atoms with Crippen LogP contribution < -0.4 is 5.32 Å². The van der Waals surface area contributed by atoms with Crippen molar-refractivity contribution in [2.24, 2.45) is 0 Å². The van der Waals surface area contributed by atoms with Crippen molar-refractivity contribution in [2.75, 3.05) is 0 Å². The Morgan fingerprint density at radius 1 is 0.853 bits per heavy atom. The molecule has 0 heterocycles. The highest BCUT2D eigenvalue weighted by atomic mass is 16.2. The van der Waals surface area contributed by atoms with E-state index in [2.05, 4.69) is 5.32 Å². The molecule has 0 aliphatic carbocycles. The van der Waals surface area contributed by atoms with E-state index in [4.69, 9.17) is 0 Å². The number of aryl methyl sites for hydroxylation is 2. The molecule has 0 aliphatic heterocycles. The van der Waals surface area contributed by atoms with Crippen molar-refractivity contribution in [2.45, 2.75) is 65.6 Å². The fourth-order valence-electron chi connectivity index (χ4n) is 3.95. The molecule has 3 aromatic carbocycles. The topological polar surface area (TPSA) is 49.4 Å². The molecule has 0 radical (unpaired) electrons. The quantitative estimate of drug-likeness (QED) is 0.444. The summed E-state index contributed by atoms with van der Waals surface area (Å²) in [7, 11) is 0. The molecule has 3 rings (SSSR count). The number of hydrogen-bond acceptors (Lipinski definition) is 2. The lowest BCUT2D eigenvalue weighted by atomic mass is 10.00. The lowest BCUT2D eigenvalue weighted by Crippen LogP contribution is -2.52. The van der Waals surface area contributed by atoms with E-state index in [1.54, 1.807) is 4.90 Å². The van der Waals surface area contributed by atoms with Crippen molar-refractivity contribution in [3.8, 4) is 0 Å². The normalized spacial score (nSPS) is 12.6. The van der Waals surface area contributed by atoms with Gasteiger partial charge < -0.3 is 10.2 Å². The molecule has 3 aromatic rings. The van der Waals surface area contributed by atoms with Crippen molar-refractivity contribution in [3.63, 3.8) is 0 Å². The van der Waals surface area contributed by atoms with E-state index < -0.39 is 6.04 Å². The highest BCUT2D eigenvalue weighted by Gasteiger charge is 2.31. The molecule has 4 heteroatoms. The summed E-state index contributed by atoms with van der Waals surface area (Å²) in [6.45, 7) is 8.51. The summed E-state index contributed by atoms with van der Waals surface area (Å²) in [5.41, 5.74) is 5.30. The average Bonchev–Trinajstić information content (AvgIpc) is 2.84. The summed E-state index contributed by atoms with van der Waals surface area (Å²) >= 11 is 0. The van der Waals surface area contributed by atoms with E-state index in [0.717, 1.165) is 34.2 Å². The Hall–Kier alpha value is -3.40. The minimum atomic E-state index is -0.603. The van der Waals surface area contributed by atoms with Crippen LogP contribution in [0.3, 0.4) is 0 Å². The first kappa shape index (κ1) is 25.2. The van der Waals surface area contributed by atoms with E-state index in [-0.39, 0.29) is 24.3 Å². The second kappa shape index (κ2) is 12.2. The molecule has 0 aliphatic rings. The van der Waals surface area contributed by atoms with Crippen molar-refractivity contribution < 1.29 is 9.59 Å². The van der Waals surface area contributed by atoms with Gasteiger partial charge in [-0.1, -0.05) is 91.3 Å². The van der Waals surface area contributed by atoms with Crippen molar-refractivity contribution >= 4 is 11.8 Å². The van der Waals surface area contributed by atoms with Crippen LogP contribution >= 0.6 is 0 Å².